The van der Waals surface area contributed by atoms with Gasteiger partial charge in [-0.05, 0) is 128 Å². The summed E-state index contributed by atoms with van der Waals surface area (Å²) in [6.45, 7) is 3.83. The fourth-order valence-corrected chi connectivity index (χ4v) is 5.86. The van der Waals surface area contributed by atoms with Gasteiger partial charge in [0, 0.05) is 12.8 Å². The van der Waals surface area contributed by atoms with E-state index in [-0.39, 0.29) is 31.6 Å². The first kappa shape index (κ1) is 59.3. The van der Waals surface area contributed by atoms with Crippen molar-refractivity contribution in [3.8, 4) is 0 Å². The van der Waals surface area contributed by atoms with E-state index >= 15 is 0 Å². The van der Waals surface area contributed by atoms with Crippen LogP contribution in [0.4, 0.5) is 0 Å². The van der Waals surface area contributed by atoms with Gasteiger partial charge in [-0.1, -0.05) is 197 Å². The number of carbonyl (C=O) groups excluding carboxylic acids is 2. The molecule has 0 spiro atoms. The van der Waals surface area contributed by atoms with Crippen LogP contribution in [0.5, 0.6) is 0 Å². The van der Waals surface area contributed by atoms with E-state index in [9.17, 15) is 14.7 Å². The average Bonchev–Trinajstić information content (AvgIpc) is 3.30. The predicted octanol–water partition coefficient (Wildman–Crippen LogP) is 16.6. The second-order valence-electron chi connectivity index (χ2n) is 15.4. The molecule has 0 amide bonds. The van der Waals surface area contributed by atoms with E-state index in [0.29, 0.717) is 12.8 Å². The lowest BCUT2D eigenvalue weighted by atomic mass is 10.1. The standard InChI is InChI=1S/C59H88O5/c1-3-5-7-9-11-13-15-17-19-21-22-23-24-25-26-27-28-29-30-31-32-33-34-35-36-38-40-42-44-46-48-50-52-54-59(62)64-57(55-60)56-63-58(61)53-51-49-47-45-43-41-39-37-20-18-16-14-12-10-8-6-4-2/h5-8,11-14,17-20,22-23,25-26,28-29,31-32,34-35,38-41,44,46,57,60H,3-4,9-10,15-16,21,24,27,30,33,36-37,42-43,45,47-56H2,1-2H3/b7-5-,8-6-,13-11-,14-12-,19-17-,20-18-,23-22-,26-25-,29-28-,32-31-,35-34-,40-38-,41-39-,46-44-. The Labute approximate surface area is 392 Å². The molecule has 0 aromatic heterocycles. The topological polar surface area (TPSA) is 72.8 Å². The van der Waals surface area contributed by atoms with Crippen LogP contribution >= 0.6 is 0 Å². The minimum Gasteiger partial charge on any atom is -0.462 e. The zero-order valence-electron chi connectivity index (χ0n) is 40.2. The van der Waals surface area contributed by atoms with Crippen molar-refractivity contribution in [2.45, 2.75) is 174 Å². The Morgan fingerprint density at radius 3 is 0.953 bits per heavy atom. The Morgan fingerprint density at radius 2 is 0.625 bits per heavy atom. The smallest absolute Gasteiger partial charge is 0.306 e. The van der Waals surface area contributed by atoms with Gasteiger partial charge in [-0.2, -0.15) is 0 Å². The molecule has 0 aliphatic heterocycles. The summed E-state index contributed by atoms with van der Waals surface area (Å²) in [6, 6.07) is 0. The van der Waals surface area contributed by atoms with Crippen molar-refractivity contribution in [3.63, 3.8) is 0 Å². The number of aliphatic hydroxyl groups is 1. The molecule has 0 aliphatic rings. The van der Waals surface area contributed by atoms with Crippen LogP contribution in [0, 0.1) is 0 Å². The Kier molecular flexibility index (Phi) is 48.7. The highest BCUT2D eigenvalue weighted by Gasteiger charge is 2.16. The van der Waals surface area contributed by atoms with Gasteiger partial charge in [-0.25, -0.2) is 0 Å². The normalized spacial score (nSPS) is 13.7. The Morgan fingerprint density at radius 1 is 0.359 bits per heavy atom. The van der Waals surface area contributed by atoms with Crippen LogP contribution in [0.15, 0.2) is 170 Å². The molecule has 0 saturated carbocycles. The summed E-state index contributed by atoms with van der Waals surface area (Å²) in [5, 5.41) is 9.60. The number of hydrogen-bond donors (Lipinski definition) is 1. The number of rotatable bonds is 42. The third kappa shape index (κ3) is 49.9. The first-order valence-electron chi connectivity index (χ1n) is 24.7. The van der Waals surface area contributed by atoms with Crippen molar-refractivity contribution in [2.24, 2.45) is 0 Å². The summed E-state index contributed by atoms with van der Waals surface area (Å²) in [4.78, 5) is 24.4. The monoisotopic (exact) mass is 877 g/mol. The van der Waals surface area contributed by atoms with Crippen LogP contribution in [0.2, 0.25) is 0 Å². The quantitative estimate of drug-likeness (QED) is 0.0376. The van der Waals surface area contributed by atoms with Crippen molar-refractivity contribution >= 4 is 11.9 Å². The number of esters is 2. The molecule has 0 aliphatic carbocycles. The van der Waals surface area contributed by atoms with Crippen molar-refractivity contribution in [1.82, 2.24) is 0 Å². The molecule has 5 nitrogen and oxygen atoms in total. The average molecular weight is 877 g/mol. The van der Waals surface area contributed by atoms with Crippen LogP contribution in [0.1, 0.15) is 168 Å². The molecule has 0 rings (SSSR count). The van der Waals surface area contributed by atoms with E-state index in [1.165, 1.54) is 0 Å². The van der Waals surface area contributed by atoms with Gasteiger partial charge >= 0.3 is 11.9 Å². The third-order valence-corrected chi connectivity index (χ3v) is 9.51. The minimum absolute atomic E-state index is 0.109. The summed E-state index contributed by atoms with van der Waals surface area (Å²) in [5.74, 6) is -0.688. The second-order valence-corrected chi connectivity index (χ2v) is 15.4. The van der Waals surface area contributed by atoms with E-state index in [4.69, 9.17) is 9.47 Å². The van der Waals surface area contributed by atoms with Gasteiger partial charge in [0.15, 0.2) is 6.10 Å². The van der Waals surface area contributed by atoms with Gasteiger partial charge in [0.05, 0.1) is 6.61 Å². The van der Waals surface area contributed by atoms with Crippen molar-refractivity contribution in [3.05, 3.63) is 170 Å². The van der Waals surface area contributed by atoms with Crippen molar-refractivity contribution in [1.29, 1.82) is 0 Å². The number of aliphatic hydroxyl groups excluding tert-OH is 1. The van der Waals surface area contributed by atoms with E-state index in [1.54, 1.807) is 0 Å². The summed E-state index contributed by atoms with van der Waals surface area (Å²) >= 11 is 0. The molecule has 0 fully saturated rings. The lowest BCUT2D eigenvalue weighted by molar-refractivity contribution is -0.161. The Hall–Kier alpha value is -4.74. The van der Waals surface area contributed by atoms with Crippen LogP contribution in [0.25, 0.3) is 0 Å². The summed E-state index contributed by atoms with van der Waals surface area (Å²) in [6.07, 6.45) is 82.9. The first-order chi connectivity index (χ1) is 31.6. The lowest BCUT2D eigenvalue weighted by Gasteiger charge is -2.15. The maximum Gasteiger partial charge on any atom is 0.306 e. The summed E-state index contributed by atoms with van der Waals surface area (Å²) in [7, 11) is 0. The molecule has 1 N–H and O–H groups in total. The van der Waals surface area contributed by atoms with Crippen LogP contribution in [0.3, 0.4) is 0 Å². The van der Waals surface area contributed by atoms with Crippen LogP contribution < -0.4 is 0 Å². The van der Waals surface area contributed by atoms with E-state index in [2.05, 4.69) is 184 Å². The lowest BCUT2D eigenvalue weighted by Crippen LogP contribution is -2.28. The molecule has 5 heteroatoms. The molecule has 1 atom stereocenters. The minimum atomic E-state index is -0.820. The molecule has 0 bridgehead atoms. The molecular weight excluding hydrogens is 789 g/mol. The maximum atomic E-state index is 12.2. The first-order valence-corrected chi connectivity index (χ1v) is 24.7. The predicted molar refractivity (Wildman–Crippen MR) is 278 cm³/mol. The fraction of sp³-hybridized carbons (Fsp3) is 0.492. The molecule has 1 unspecified atom stereocenters. The van der Waals surface area contributed by atoms with Crippen LogP contribution in [-0.2, 0) is 19.1 Å². The molecule has 354 valence electrons. The van der Waals surface area contributed by atoms with Gasteiger partial charge in [-0.15, -0.1) is 0 Å². The zero-order valence-corrected chi connectivity index (χ0v) is 40.2. The third-order valence-electron chi connectivity index (χ3n) is 9.51. The number of carbonyl (C=O) groups is 2. The summed E-state index contributed by atoms with van der Waals surface area (Å²) in [5.41, 5.74) is 0. The number of allylic oxidation sites excluding steroid dienone is 28. The number of unbranched alkanes of at least 4 members (excludes halogenated alkanes) is 6. The van der Waals surface area contributed by atoms with Crippen molar-refractivity contribution < 1.29 is 24.2 Å². The highest BCUT2D eigenvalue weighted by molar-refractivity contribution is 5.70. The van der Waals surface area contributed by atoms with Gasteiger partial charge in [-0.3, -0.25) is 9.59 Å². The summed E-state index contributed by atoms with van der Waals surface area (Å²) < 4.78 is 10.6. The van der Waals surface area contributed by atoms with E-state index in [1.807, 2.05) is 0 Å². The van der Waals surface area contributed by atoms with Gasteiger partial charge in [0.25, 0.3) is 0 Å². The number of hydrogen-bond acceptors (Lipinski definition) is 5. The van der Waals surface area contributed by atoms with Gasteiger partial charge < -0.3 is 14.6 Å². The number of ether oxygens (including phenoxy) is 2. The zero-order chi connectivity index (χ0) is 46.3. The maximum absolute atomic E-state index is 12.2. The van der Waals surface area contributed by atoms with Crippen LogP contribution in [-0.4, -0.2) is 36.4 Å². The Balaban J connectivity index is 3.75. The highest BCUT2D eigenvalue weighted by Crippen LogP contribution is 2.09. The molecule has 0 aromatic carbocycles. The van der Waals surface area contributed by atoms with Gasteiger partial charge in [0.1, 0.15) is 6.61 Å². The Bertz CT molecular complexity index is 1500. The SMILES string of the molecule is CC/C=C\C/C=C\C/C=C\C/C=C\C/C=C\C/C=C\C/C=C\C/C=C\C/C=C\C/C=C\CCCCC(=O)OC(CO)COC(=O)CCCCCC/C=C\C/C=C\C/C=C\C/C=C\CC. The molecular formula is C59H88O5. The second kappa shape index (κ2) is 52.6. The molecule has 0 saturated heterocycles. The van der Waals surface area contributed by atoms with Crippen molar-refractivity contribution in [2.75, 3.05) is 13.2 Å². The highest BCUT2D eigenvalue weighted by atomic mass is 16.6. The molecule has 0 heterocycles. The molecule has 64 heavy (non-hydrogen) atoms. The molecule has 0 radical (unpaired) electrons. The fourth-order valence-electron chi connectivity index (χ4n) is 5.86. The van der Waals surface area contributed by atoms with Gasteiger partial charge in [0.2, 0.25) is 0 Å². The largest absolute Gasteiger partial charge is 0.462 e. The van der Waals surface area contributed by atoms with E-state index in [0.717, 1.165) is 135 Å². The molecule has 0 aromatic rings. The van der Waals surface area contributed by atoms with E-state index < -0.39 is 6.10 Å².